The average molecular weight is 283 g/mol. The molecule has 3 aromatic rings. The van der Waals surface area contributed by atoms with Crippen LogP contribution < -0.4 is 5.73 Å². The second-order valence-corrected chi connectivity index (χ2v) is 5.10. The minimum Gasteiger partial charge on any atom is -0.399 e. The lowest BCUT2D eigenvalue weighted by Crippen LogP contribution is -2.04. The third-order valence-electron chi connectivity index (χ3n) is 3.78. The van der Waals surface area contributed by atoms with E-state index in [0.29, 0.717) is 5.52 Å². The molecule has 1 heterocycles. The van der Waals surface area contributed by atoms with Gasteiger partial charge in [-0.1, -0.05) is 18.2 Å². The molecule has 0 bridgehead atoms. The number of hydrogen-bond donors (Lipinski definition) is 1. The Labute approximate surface area is 123 Å². The van der Waals surface area contributed by atoms with Crippen LogP contribution in [0.1, 0.15) is 18.3 Å². The van der Waals surface area contributed by atoms with Gasteiger partial charge in [0.05, 0.1) is 11.0 Å². The number of halogens is 1. The minimum atomic E-state index is -0.248. The maximum Gasteiger partial charge on any atom is 0.125 e. The van der Waals surface area contributed by atoms with Crippen LogP contribution in [0.25, 0.3) is 11.0 Å². The highest BCUT2D eigenvalue weighted by Gasteiger charge is 2.10. The quantitative estimate of drug-likeness (QED) is 0.744. The van der Waals surface area contributed by atoms with E-state index in [1.165, 1.54) is 12.1 Å². The van der Waals surface area contributed by atoms with Crippen LogP contribution >= 0.6 is 0 Å². The van der Waals surface area contributed by atoms with Gasteiger partial charge in [0.2, 0.25) is 0 Å². The highest BCUT2D eigenvalue weighted by molar-refractivity contribution is 5.76. The maximum absolute atomic E-state index is 13.3. The van der Waals surface area contributed by atoms with Crippen molar-refractivity contribution in [1.29, 1.82) is 0 Å². The molecule has 0 aliphatic heterocycles. The Kier molecular flexibility index (Phi) is 3.60. The predicted molar refractivity (Wildman–Crippen MR) is 83.6 cm³/mol. The van der Waals surface area contributed by atoms with Gasteiger partial charge in [0, 0.05) is 24.7 Å². The van der Waals surface area contributed by atoms with Crippen molar-refractivity contribution < 1.29 is 4.39 Å². The summed E-state index contributed by atoms with van der Waals surface area (Å²) in [7, 11) is 0. The van der Waals surface area contributed by atoms with Gasteiger partial charge < -0.3 is 10.3 Å². The average Bonchev–Trinajstić information content (AvgIpc) is 2.82. The molecular weight excluding hydrogens is 265 g/mol. The van der Waals surface area contributed by atoms with Gasteiger partial charge in [-0.15, -0.1) is 0 Å². The SMILES string of the molecule is CCn1c(CCc2ccccc2N)nc2cc(F)ccc21. The summed E-state index contributed by atoms with van der Waals surface area (Å²) >= 11 is 0. The number of anilines is 1. The number of aromatic nitrogens is 2. The fourth-order valence-corrected chi connectivity index (χ4v) is 2.70. The molecule has 2 N–H and O–H groups in total. The van der Waals surface area contributed by atoms with Crippen LogP contribution in [0.2, 0.25) is 0 Å². The first-order valence-electron chi connectivity index (χ1n) is 7.17. The predicted octanol–water partition coefficient (Wildman–Crippen LogP) is 3.56. The van der Waals surface area contributed by atoms with Gasteiger partial charge in [-0.2, -0.15) is 0 Å². The Balaban J connectivity index is 1.92. The van der Waals surface area contributed by atoms with Gasteiger partial charge >= 0.3 is 0 Å². The molecule has 108 valence electrons. The van der Waals surface area contributed by atoms with Crippen LogP contribution in [-0.4, -0.2) is 9.55 Å². The smallest absolute Gasteiger partial charge is 0.125 e. The highest BCUT2D eigenvalue weighted by atomic mass is 19.1. The summed E-state index contributed by atoms with van der Waals surface area (Å²) in [6.07, 6.45) is 1.62. The number of imidazole rings is 1. The van der Waals surface area contributed by atoms with E-state index in [4.69, 9.17) is 5.73 Å². The van der Waals surface area contributed by atoms with E-state index in [0.717, 1.165) is 42.0 Å². The van der Waals surface area contributed by atoms with Crippen molar-refractivity contribution >= 4 is 16.7 Å². The second-order valence-electron chi connectivity index (χ2n) is 5.10. The fraction of sp³-hybridized carbons (Fsp3) is 0.235. The standard InChI is InChI=1S/C17H18FN3/c1-2-21-16-9-8-13(18)11-15(16)20-17(21)10-7-12-5-3-4-6-14(12)19/h3-6,8-9,11H,2,7,10,19H2,1H3. The maximum atomic E-state index is 13.3. The number of fused-ring (bicyclic) bond motifs is 1. The molecule has 3 rings (SSSR count). The lowest BCUT2D eigenvalue weighted by atomic mass is 10.1. The van der Waals surface area contributed by atoms with Crippen molar-refractivity contribution in [3.63, 3.8) is 0 Å². The second kappa shape index (κ2) is 5.56. The summed E-state index contributed by atoms with van der Waals surface area (Å²) in [5.41, 5.74) is 9.60. The van der Waals surface area contributed by atoms with Crippen molar-refractivity contribution in [3.05, 3.63) is 59.7 Å². The van der Waals surface area contributed by atoms with E-state index >= 15 is 0 Å². The molecule has 0 atom stereocenters. The van der Waals surface area contributed by atoms with E-state index in [2.05, 4.69) is 16.5 Å². The molecule has 0 radical (unpaired) electrons. The van der Waals surface area contributed by atoms with Crippen molar-refractivity contribution in [2.75, 3.05) is 5.73 Å². The Hall–Kier alpha value is -2.36. The number of hydrogen-bond acceptors (Lipinski definition) is 2. The molecule has 21 heavy (non-hydrogen) atoms. The number of aryl methyl sites for hydroxylation is 3. The Bertz CT molecular complexity index is 777. The van der Waals surface area contributed by atoms with Crippen LogP contribution in [-0.2, 0) is 19.4 Å². The van der Waals surface area contributed by atoms with Gasteiger partial charge in [0.25, 0.3) is 0 Å². The van der Waals surface area contributed by atoms with Gasteiger partial charge in [-0.05, 0) is 37.1 Å². The Morgan fingerprint density at radius 3 is 2.71 bits per heavy atom. The van der Waals surface area contributed by atoms with Gasteiger partial charge in [0.15, 0.2) is 0 Å². The topological polar surface area (TPSA) is 43.8 Å². The molecule has 0 fully saturated rings. The Morgan fingerprint density at radius 2 is 1.95 bits per heavy atom. The molecule has 0 spiro atoms. The van der Waals surface area contributed by atoms with Crippen LogP contribution in [0.5, 0.6) is 0 Å². The summed E-state index contributed by atoms with van der Waals surface area (Å²) in [5.74, 6) is 0.725. The molecule has 0 amide bonds. The molecule has 0 saturated heterocycles. The van der Waals surface area contributed by atoms with Crippen LogP contribution in [0.15, 0.2) is 42.5 Å². The highest BCUT2D eigenvalue weighted by Crippen LogP contribution is 2.20. The number of rotatable bonds is 4. The summed E-state index contributed by atoms with van der Waals surface area (Å²) in [4.78, 5) is 4.57. The van der Waals surface area contributed by atoms with E-state index in [1.807, 2.05) is 24.3 Å². The zero-order valence-corrected chi connectivity index (χ0v) is 12.0. The number of para-hydroxylation sites is 1. The number of nitrogens with two attached hydrogens (primary N) is 1. The summed E-state index contributed by atoms with van der Waals surface area (Å²) in [6, 6.07) is 12.6. The van der Waals surface area contributed by atoms with E-state index in [9.17, 15) is 4.39 Å². The largest absolute Gasteiger partial charge is 0.399 e. The van der Waals surface area contributed by atoms with Crippen LogP contribution in [0.4, 0.5) is 10.1 Å². The van der Waals surface area contributed by atoms with Crippen molar-refractivity contribution in [3.8, 4) is 0 Å². The lowest BCUT2D eigenvalue weighted by Gasteiger charge is -2.07. The summed E-state index contributed by atoms with van der Waals surface area (Å²) in [5, 5.41) is 0. The van der Waals surface area contributed by atoms with Gasteiger partial charge in [0.1, 0.15) is 11.6 Å². The normalized spacial score (nSPS) is 11.1. The van der Waals surface area contributed by atoms with E-state index in [-0.39, 0.29) is 5.82 Å². The Morgan fingerprint density at radius 1 is 1.14 bits per heavy atom. The molecule has 0 aliphatic rings. The first-order valence-corrected chi connectivity index (χ1v) is 7.17. The molecule has 2 aromatic carbocycles. The zero-order chi connectivity index (χ0) is 14.8. The van der Waals surface area contributed by atoms with E-state index in [1.54, 1.807) is 6.07 Å². The van der Waals surface area contributed by atoms with Crippen molar-refractivity contribution in [1.82, 2.24) is 9.55 Å². The van der Waals surface area contributed by atoms with E-state index < -0.39 is 0 Å². The third-order valence-corrected chi connectivity index (χ3v) is 3.78. The van der Waals surface area contributed by atoms with Crippen molar-refractivity contribution in [2.45, 2.75) is 26.3 Å². The molecular formula is C17H18FN3. The fourth-order valence-electron chi connectivity index (χ4n) is 2.70. The molecule has 4 heteroatoms. The van der Waals surface area contributed by atoms with Crippen molar-refractivity contribution in [2.24, 2.45) is 0 Å². The zero-order valence-electron chi connectivity index (χ0n) is 12.0. The van der Waals surface area contributed by atoms with Crippen LogP contribution in [0.3, 0.4) is 0 Å². The number of benzene rings is 2. The van der Waals surface area contributed by atoms with Gasteiger partial charge in [-0.25, -0.2) is 9.37 Å². The summed E-state index contributed by atoms with van der Waals surface area (Å²) < 4.78 is 15.5. The third kappa shape index (κ3) is 2.61. The minimum absolute atomic E-state index is 0.248. The summed E-state index contributed by atoms with van der Waals surface area (Å²) in [6.45, 7) is 2.90. The first kappa shape index (κ1) is 13.6. The number of nitrogens with zero attached hydrogens (tertiary/aromatic N) is 2. The molecule has 0 unspecified atom stereocenters. The molecule has 0 saturated carbocycles. The molecule has 1 aromatic heterocycles. The number of nitrogen functional groups attached to an aromatic ring is 1. The van der Waals surface area contributed by atoms with Gasteiger partial charge in [-0.3, -0.25) is 0 Å². The van der Waals surface area contributed by atoms with Crippen LogP contribution in [0, 0.1) is 5.82 Å². The monoisotopic (exact) mass is 283 g/mol. The first-order chi connectivity index (χ1) is 10.2. The lowest BCUT2D eigenvalue weighted by molar-refractivity contribution is 0.629. The molecule has 0 aliphatic carbocycles. The molecule has 3 nitrogen and oxygen atoms in total.